The van der Waals surface area contributed by atoms with Crippen LogP contribution in [0, 0.1) is 20.8 Å². The first-order valence-corrected chi connectivity index (χ1v) is 14.2. The van der Waals surface area contributed by atoms with Crippen molar-refractivity contribution >= 4 is 44.3 Å². The first-order chi connectivity index (χ1) is 19.0. The number of carboxylic acid groups (broad SMARTS) is 1. The largest absolute Gasteiger partial charge is 0.480 e. The highest BCUT2D eigenvalue weighted by molar-refractivity contribution is 7.89. The Hall–Kier alpha value is -4.29. The zero-order valence-electron chi connectivity index (χ0n) is 22.5. The highest BCUT2D eigenvalue weighted by Crippen LogP contribution is 2.23. The highest BCUT2D eigenvalue weighted by atomic mass is 32.2. The van der Waals surface area contributed by atoms with Crippen LogP contribution in [-0.4, -0.2) is 52.8 Å². The van der Waals surface area contributed by atoms with Crippen molar-refractivity contribution in [2.75, 3.05) is 17.2 Å². The summed E-state index contributed by atoms with van der Waals surface area (Å²) >= 11 is 0. The van der Waals surface area contributed by atoms with Gasteiger partial charge in [0, 0.05) is 30.4 Å². The van der Waals surface area contributed by atoms with Crippen LogP contribution in [0.4, 0.5) is 11.5 Å². The van der Waals surface area contributed by atoms with Crippen LogP contribution in [0.2, 0.25) is 0 Å². The van der Waals surface area contributed by atoms with E-state index in [4.69, 9.17) is 0 Å². The minimum atomic E-state index is -4.18. The molecule has 4 aromatic rings. The summed E-state index contributed by atoms with van der Waals surface area (Å²) in [4.78, 5) is 28.8. The molecule has 4 rings (SSSR count). The minimum Gasteiger partial charge on any atom is -0.480 e. The summed E-state index contributed by atoms with van der Waals surface area (Å²) in [6.07, 6.45) is 3.66. The Morgan fingerprint density at radius 3 is 2.48 bits per heavy atom. The minimum absolute atomic E-state index is 0.0136. The zero-order chi connectivity index (χ0) is 28.9. The molecule has 210 valence electrons. The number of carboxylic acids is 1. The van der Waals surface area contributed by atoms with Gasteiger partial charge < -0.3 is 15.7 Å². The van der Waals surface area contributed by atoms with Crippen molar-refractivity contribution in [3.8, 4) is 0 Å². The van der Waals surface area contributed by atoms with Crippen molar-refractivity contribution in [2.24, 2.45) is 0 Å². The fraction of sp³-hybridized carbons (Fsp3) is 0.286. The Morgan fingerprint density at radius 2 is 1.80 bits per heavy atom. The SMILES string of the molecule is Cc1cc(C)c(S(=O)(=O)N[C@@H](CC(=O)Nc2ccc3c(cnn3CCCNc3ccccn3)c2)C(=O)O)c(C)c1. The highest BCUT2D eigenvalue weighted by Gasteiger charge is 2.29. The molecule has 0 saturated carbocycles. The van der Waals surface area contributed by atoms with Crippen molar-refractivity contribution in [1.82, 2.24) is 19.5 Å². The van der Waals surface area contributed by atoms with Gasteiger partial charge in [-0.15, -0.1) is 0 Å². The van der Waals surface area contributed by atoms with E-state index >= 15 is 0 Å². The number of carbonyl (C=O) groups excluding carboxylic acids is 1. The third-order valence-corrected chi connectivity index (χ3v) is 8.08. The molecule has 0 saturated heterocycles. The molecule has 0 spiro atoms. The number of nitrogens with zero attached hydrogens (tertiary/aromatic N) is 3. The van der Waals surface area contributed by atoms with E-state index in [-0.39, 0.29) is 4.90 Å². The van der Waals surface area contributed by atoms with Gasteiger partial charge in [-0.25, -0.2) is 13.4 Å². The maximum Gasteiger partial charge on any atom is 0.322 e. The van der Waals surface area contributed by atoms with E-state index in [9.17, 15) is 23.1 Å². The van der Waals surface area contributed by atoms with E-state index in [0.29, 0.717) is 23.4 Å². The number of hydrogen-bond donors (Lipinski definition) is 4. The van der Waals surface area contributed by atoms with Crippen molar-refractivity contribution in [1.29, 1.82) is 0 Å². The number of sulfonamides is 1. The van der Waals surface area contributed by atoms with Gasteiger partial charge in [0.1, 0.15) is 11.9 Å². The van der Waals surface area contributed by atoms with Gasteiger partial charge in [-0.2, -0.15) is 9.82 Å². The second-order valence-electron chi connectivity index (χ2n) is 9.63. The predicted octanol–water partition coefficient (Wildman–Crippen LogP) is 3.62. The van der Waals surface area contributed by atoms with Crippen LogP contribution in [0.25, 0.3) is 10.9 Å². The maximum atomic E-state index is 13.0. The Labute approximate surface area is 232 Å². The van der Waals surface area contributed by atoms with Crippen molar-refractivity contribution < 1.29 is 23.1 Å². The second-order valence-corrected chi connectivity index (χ2v) is 11.3. The molecule has 4 N–H and O–H groups in total. The summed E-state index contributed by atoms with van der Waals surface area (Å²) in [5, 5.41) is 20.8. The summed E-state index contributed by atoms with van der Waals surface area (Å²) in [6, 6.07) is 12.7. The Kier molecular flexibility index (Phi) is 8.80. The third kappa shape index (κ3) is 7.01. The van der Waals surface area contributed by atoms with Crippen LogP contribution < -0.4 is 15.4 Å². The lowest BCUT2D eigenvalue weighted by atomic mass is 10.1. The first-order valence-electron chi connectivity index (χ1n) is 12.8. The normalized spacial score (nSPS) is 12.3. The van der Waals surface area contributed by atoms with E-state index in [1.54, 1.807) is 50.5 Å². The van der Waals surface area contributed by atoms with Gasteiger partial charge in [0.25, 0.3) is 0 Å². The predicted molar refractivity (Wildman–Crippen MR) is 153 cm³/mol. The topological polar surface area (TPSA) is 155 Å². The van der Waals surface area contributed by atoms with E-state index in [0.717, 1.165) is 35.2 Å². The van der Waals surface area contributed by atoms with Gasteiger partial charge in [0.2, 0.25) is 15.9 Å². The van der Waals surface area contributed by atoms with Gasteiger partial charge in [-0.3, -0.25) is 14.3 Å². The van der Waals surface area contributed by atoms with Gasteiger partial charge in [-0.05, 0) is 68.7 Å². The number of amides is 1. The van der Waals surface area contributed by atoms with Crippen LogP contribution in [0.3, 0.4) is 0 Å². The molecule has 1 amide bonds. The summed E-state index contributed by atoms with van der Waals surface area (Å²) in [5.74, 6) is -1.28. The number of carbonyl (C=O) groups is 2. The molecular formula is C28H32N6O5S. The number of pyridine rings is 1. The number of hydrogen-bond acceptors (Lipinski definition) is 7. The molecule has 0 aliphatic rings. The van der Waals surface area contributed by atoms with Gasteiger partial charge in [0.05, 0.1) is 23.0 Å². The Balaban J connectivity index is 1.37. The lowest BCUT2D eigenvalue weighted by molar-refractivity contribution is -0.140. The van der Waals surface area contributed by atoms with Crippen molar-refractivity contribution in [2.45, 2.75) is 51.1 Å². The number of aromatic nitrogens is 3. The average molecular weight is 565 g/mol. The van der Waals surface area contributed by atoms with E-state index in [1.165, 1.54) is 0 Å². The molecule has 40 heavy (non-hydrogen) atoms. The smallest absolute Gasteiger partial charge is 0.322 e. The van der Waals surface area contributed by atoms with Crippen LogP contribution in [0.5, 0.6) is 0 Å². The number of rotatable bonds is 12. The van der Waals surface area contributed by atoms with E-state index in [1.807, 2.05) is 35.9 Å². The molecule has 11 nitrogen and oxygen atoms in total. The summed E-state index contributed by atoms with van der Waals surface area (Å²) < 4.78 is 30.1. The molecule has 0 aliphatic carbocycles. The number of aryl methyl sites for hydroxylation is 4. The van der Waals surface area contributed by atoms with Crippen molar-refractivity contribution in [3.05, 3.63) is 77.6 Å². The van der Waals surface area contributed by atoms with Gasteiger partial charge in [-0.1, -0.05) is 23.8 Å². The monoisotopic (exact) mass is 564 g/mol. The maximum absolute atomic E-state index is 13.0. The van der Waals surface area contributed by atoms with Crippen molar-refractivity contribution in [3.63, 3.8) is 0 Å². The lowest BCUT2D eigenvalue weighted by Crippen LogP contribution is -2.43. The number of nitrogens with one attached hydrogen (secondary N) is 3. The summed E-state index contributed by atoms with van der Waals surface area (Å²) in [6.45, 7) is 6.54. The summed E-state index contributed by atoms with van der Waals surface area (Å²) in [7, 11) is -4.18. The number of anilines is 2. The average Bonchev–Trinajstić information content (AvgIpc) is 3.28. The Bertz CT molecular complexity index is 1610. The second kappa shape index (κ2) is 12.3. The number of fused-ring (bicyclic) bond motifs is 1. The number of aliphatic carboxylic acids is 1. The molecule has 0 bridgehead atoms. The fourth-order valence-corrected chi connectivity index (χ4v) is 6.31. The molecule has 0 radical (unpaired) electrons. The molecule has 0 fully saturated rings. The molecule has 2 aromatic heterocycles. The standard InChI is InChI=1S/C28H32N6O5S/c1-18-13-19(2)27(20(3)14-18)40(38,39)33-23(28(36)37)16-26(35)32-22-8-9-24-21(15-22)17-31-34(24)12-6-11-30-25-7-4-5-10-29-25/h4-5,7-10,13-15,17,23,33H,6,11-12,16H2,1-3H3,(H,29,30)(H,32,35)(H,36,37)/t23-/m0/s1. The molecule has 0 aliphatic heterocycles. The molecule has 1 atom stereocenters. The number of benzene rings is 2. The molecule has 12 heteroatoms. The van der Waals surface area contributed by atoms with Crippen LogP contribution >= 0.6 is 0 Å². The fourth-order valence-electron chi connectivity index (χ4n) is 4.67. The van der Waals surface area contributed by atoms with Crippen LogP contribution in [0.1, 0.15) is 29.5 Å². The molecule has 0 unspecified atom stereocenters. The van der Waals surface area contributed by atoms with Crippen LogP contribution in [0.15, 0.2) is 65.8 Å². The zero-order valence-corrected chi connectivity index (χ0v) is 23.3. The first kappa shape index (κ1) is 28.7. The molecular weight excluding hydrogens is 532 g/mol. The lowest BCUT2D eigenvalue weighted by Gasteiger charge is -2.17. The van der Waals surface area contributed by atoms with Gasteiger partial charge in [0.15, 0.2) is 0 Å². The quantitative estimate of drug-likeness (QED) is 0.190. The van der Waals surface area contributed by atoms with E-state index < -0.39 is 34.4 Å². The Morgan fingerprint density at radius 1 is 1.05 bits per heavy atom. The molecule has 2 heterocycles. The van der Waals surface area contributed by atoms with Gasteiger partial charge >= 0.3 is 5.97 Å². The van der Waals surface area contributed by atoms with Crippen LogP contribution in [-0.2, 0) is 26.2 Å². The van der Waals surface area contributed by atoms with E-state index in [2.05, 4.69) is 25.4 Å². The molecule has 2 aromatic carbocycles. The third-order valence-electron chi connectivity index (χ3n) is 6.30. The summed E-state index contributed by atoms with van der Waals surface area (Å²) in [5.41, 5.74) is 3.22.